The lowest BCUT2D eigenvalue weighted by atomic mass is 10.0. The van der Waals surface area contributed by atoms with Crippen LogP contribution in [-0.2, 0) is 4.74 Å². The Kier molecular flexibility index (Phi) is 4.78. The van der Waals surface area contributed by atoms with Crippen molar-refractivity contribution in [3.05, 3.63) is 89.5 Å². The zero-order chi connectivity index (χ0) is 20.4. The second-order valence-corrected chi connectivity index (χ2v) is 6.61. The van der Waals surface area contributed by atoms with Crippen molar-refractivity contribution in [3.63, 3.8) is 0 Å². The third-order valence-corrected chi connectivity index (χ3v) is 4.64. The maximum atomic E-state index is 12.5. The molecule has 0 bridgehead atoms. The molecule has 1 unspecified atom stereocenters. The number of nitrogens with zero attached hydrogens (tertiary/aromatic N) is 2. The molecule has 2 heterocycles. The van der Waals surface area contributed by atoms with Crippen molar-refractivity contribution in [1.82, 2.24) is 15.0 Å². The Morgan fingerprint density at radius 1 is 1.14 bits per heavy atom. The van der Waals surface area contributed by atoms with Gasteiger partial charge in [-0.3, -0.25) is 10.4 Å². The number of fused-ring (bicyclic) bond motifs is 1. The fourth-order valence-electron chi connectivity index (χ4n) is 3.07. The molecular formula is C22H19N5O2. The third kappa shape index (κ3) is 3.70. The van der Waals surface area contributed by atoms with E-state index >= 15 is 0 Å². The molecule has 0 aliphatic carbocycles. The number of carbonyl (C=O) groups excluding carboxylic acids is 1. The molecule has 0 saturated heterocycles. The molecule has 0 fully saturated rings. The van der Waals surface area contributed by atoms with Crippen LogP contribution in [0.25, 0.3) is 11.0 Å². The van der Waals surface area contributed by atoms with Gasteiger partial charge < -0.3 is 15.5 Å². The number of nitrogen functional groups attached to an aromatic ring is 1. The minimum absolute atomic E-state index is 0.0924. The average molecular weight is 385 g/mol. The number of carbonyl (C=O) groups is 1. The number of H-pyrrole nitrogens is 1. The van der Waals surface area contributed by atoms with E-state index < -0.39 is 12.1 Å². The first kappa shape index (κ1) is 18.4. The maximum absolute atomic E-state index is 12.5. The summed E-state index contributed by atoms with van der Waals surface area (Å²) in [5.41, 5.74) is 10.1. The van der Waals surface area contributed by atoms with Gasteiger partial charge in [0.15, 0.2) is 0 Å². The lowest BCUT2D eigenvalue weighted by Crippen LogP contribution is -2.10. The number of hydrogen-bond donors (Lipinski definition) is 3. The maximum Gasteiger partial charge on any atom is 0.374 e. The lowest BCUT2D eigenvalue weighted by Gasteiger charge is -2.12. The first-order valence-electron chi connectivity index (χ1n) is 9.07. The van der Waals surface area contributed by atoms with Crippen LogP contribution in [0.2, 0.25) is 0 Å². The molecule has 7 nitrogen and oxygen atoms in total. The van der Waals surface area contributed by atoms with Crippen molar-refractivity contribution in [1.29, 1.82) is 5.41 Å². The number of nitrogens with two attached hydrogens (primary N) is 1. The molecule has 0 radical (unpaired) electrons. The standard InChI is InChI=1S/C22H19N5O2/c1-13(14-5-3-2-4-6-14)29-22(28)21-26-18-11-16(17(23)12-19(18)27-21)20(24)15-7-9-25-10-8-15/h2-13,24H,23H2,1H3,(H,26,27). The van der Waals surface area contributed by atoms with Crippen LogP contribution in [0.3, 0.4) is 0 Å². The highest BCUT2D eigenvalue weighted by Crippen LogP contribution is 2.24. The normalized spacial score (nSPS) is 11.9. The van der Waals surface area contributed by atoms with Crippen LogP contribution in [-0.4, -0.2) is 26.6 Å². The van der Waals surface area contributed by atoms with Crippen molar-refractivity contribution in [3.8, 4) is 0 Å². The van der Waals surface area contributed by atoms with Crippen LogP contribution in [0, 0.1) is 5.41 Å². The van der Waals surface area contributed by atoms with Gasteiger partial charge in [-0.05, 0) is 36.8 Å². The second-order valence-electron chi connectivity index (χ2n) is 6.61. The van der Waals surface area contributed by atoms with Crippen LogP contribution in [0.1, 0.15) is 40.3 Å². The molecule has 4 aromatic rings. The number of pyridine rings is 1. The van der Waals surface area contributed by atoms with Gasteiger partial charge in [0.1, 0.15) is 6.10 Å². The van der Waals surface area contributed by atoms with Gasteiger partial charge in [-0.15, -0.1) is 0 Å². The van der Waals surface area contributed by atoms with Gasteiger partial charge in [0.25, 0.3) is 0 Å². The number of ether oxygens (including phenoxy) is 1. The number of aromatic amines is 1. The van der Waals surface area contributed by atoms with E-state index in [1.54, 1.807) is 36.7 Å². The van der Waals surface area contributed by atoms with Crippen LogP contribution < -0.4 is 5.73 Å². The fourth-order valence-corrected chi connectivity index (χ4v) is 3.07. The molecule has 4 rings (SSSR count). The Balaban J connectivity index is 1.61. The van der Waals surface area contributed by atoms with E-state index in [1.165, 1.54) is 0 Å². The minimum Gasteiger partial charge on any atom is -0.452 e. The van der Waals surface area contributed by atoms with Gasteiger partial charge in [-0.2, -0.15) is 0 Å². The number of hydrogen-bond acceptors (Lipinski definition) is 6. The van der Waals surface area contributed by atoms with Gasteiger partial charge in [0.2, 0.25) is 5.82 Å². The molecule has 2 aromatic carbocycles. The number of esters is 1. The van der Waals surface area contributed by atoms with E-state index in [0.29, 0.717) is 27.8 Å². The summed E-state index contributed by atoms with van der Waals surface area (Å²) in [6, 6.07) is 16.3. The number of imidazole rings is 1. The van der Waals surface area contributed by atoms with Gasteiger partial charge in [-0.1, -0.05) is 30.3 Å². The SMILES string of the molecule is CC(OC(=O)c1nc2cc(C(=N)c3ccncc3)c(N)cc2[nH]1)c1ccccc1. The molecule has 0 amide bonds. The van der Waals surface area contributed by atoms with Crippen molar-refractivity contribution < 1.29 is 9.53 Å². The first-order valence-corrected chi connectivity index (χ1v) is 9.07. The zero-order valence-electron chi connectivity index (χ0n) is 15.7. The van der Waals surface area contributed by atoms with Crippen molar-refractivity contribution in [2.75, 3.05) is 5.73 Å². The van der Waals surface area contributed by atoms with E-state index in [-0.39, 0.29) is 11.5 Å². The van der Waals surface area contributed by atoms with Crippen molar-refractivity contribution in [2.24, 2.45) is 0 Å². The quantitative estimate of drug-likeness (QED) is 0.274. The molecule has 0 saturated carbocycles. The summed E-state index contributed by atoms with van der Waals surface area (Å²) in [4.78, 5) is 23.8. The summed E-state index contributed by atoms with van der Waals surface area (Å²) in [7, 11) is 0. The fraction of sp³-hybridized carbons (Fsp3) is 0.0909. The zero-order valence-corrected chi connectivity index (χ0v) is 15.7. The molecule has 1 atom stereocenters. The monoisotopic (exact) mass is 385 g/mol. The summed E-state index contributed by atoms with van der Waals surface area (Å²) in [5.74, 6) is -0.461. The highest BCUT2D eigenvalue weighted by molar-refractivity contribution is 6.15. The Labute approximate surface area is 167 Å². The van der Waals surface area contributed by atoms with E-state index in [9.17, 15) is 4.79 Å². The summed E-state index contributed by atoms with van der Waals surface area (Å²) in [6.45, 7) is 1.81. The van der Waals surface area contributed by atoms with E-state index in [0.717, 1.165) is 5.56 Å². The number of aromatic nitrogens is 3. The van der Waals surface area contributed by atoms with E-state index in [1.807, 2.05) is 37.3 Å². The predicted octanol–water partition coefficient (Wildman–Crippen LogP) is 3.87. The molecule has 4 N–H and O–H groups in total. The highest BCUT2D eigenvalue weighted by atomic mass is 16.5. The topological polar surface area (TPSA) is 118 Å². The molecule has 0 aliphatic rings. The van der Waals surface area contributed by atoms with Gasteiger partial charge in [-0.25, -0.2) is 9.78 Å². The molecule has 0 aliphatic heterocycles. The summed E-state index contributed by atoms with van der Waals surface area (Å²) >= 11 is 0. The summed E-state index contributed by atoms with van der Waals surface area (Å²) < 4.78 is 5.52. The van der Waals surface area contributed by atoms with E-state index in [4.69, 9.17) is 15.9 Å². The predicted molar refractivity (Wildman–Crippen MR) is 111 cm³/mol. The first-order chi connectivity index (χ1) is 14.0. The van der Waals surface area contributed by atoms with Gasteiger partial charge >= 0.3 is 5.97 Å². The second kappa shape index (κ2) is 7.55. The van der Waals surface area contributed by atoms with Crippen LogP contribution in [0.15, 0.2) is 67.0 Å². The Morgan fingerprint density at radius 3 is 2.59 bits per heavy atom. The molecule has 144 valence electrons. The number of nitrogens with one attached hydrogen (secondary N) is 2. The smallest absolute Gasteiger partial charge is 0.374 e. The highest BCUT2D eigenvalue weighted by Gasteiger charge is 2.19. The lowest BCUT2D eigenvalue weighted by molar-refractivity contribution is 0.0325. The Morgan fingerprint density at radius 2 is 1.86 bits per heavy atom. The molecule has 29 heavy (non-hydrogen) atoms. The molecular weight excluding hydrogens is 366 g/mol. The molecule has 0 spiro atoms. The molecule has 7 heteroatoms. The Hall–Kier alpha value is -4.00. The van der Waals surface area contributed by atoms with Crippen LogP contribution in [0.4, 0.5) is 5.69 Å². The largest absolute Gasteiger partial charge is 0.452 e. The Bertz CT molecular complexity index is 1190. The van der Waals surface area contributed by atoms with Crippen molar-refractivity contribution >= 4 is 28.4 Å². The van der Waals surface area contributed by atoms with Gasteiger partial charge in [0, 0.05) is 29.2 Å². The van der Waals surface area contributed by atoms with Crippen LogP contribution in [0.5, 0.6) is 0 Å². The van der Waals surface area contributed by atoms with Crippen molar-refractivity contribution in [2.45, 2.75) is 13.0 Å². The number of benzene rings is 2. The third-order valence-electron chi connectivity index (χ3n) is 4.64. The average Bonchev–Trinajstić information content (AvgIpc) is 3.17. The minimum atomic E-state index is -0.554. The number of anilines is 1. The van der Waals surface area contributed by atoms with Crippen LogP contribution >= 0.6 is 0 Å². The number of rotatable bonds is 5. The molecule has 2 aromatic heterocycles. The summed E-state index contributed by atoms with van der Waals surface area (Å²) in [6.07, 6.45) is 2.84. The summed E-state index contributed by atoms with van der Waals surface area (Å²) in [5, 5.41) is 8.43. The van der Waals surface area contributed by atoms with Gasteiger partial charge in [0.05, 0.1) is 16.7 Å². The van der Waals surface area contributed by atoms with E-state index in [2.05, 4.69) is 15.0 Å².